The Kier molecular flexibility index (Phi) is 2.83. The predicted molar refractivity (Wildman–Crippen MR) is 66.7 cm³/mol. The summed E-state index contributed by atoms with van der Waals surface area (Å²) in [6.45, 7) is 0. The van der Waals surface area contributed by atoms with Crippen molar-refractivity contribution in [3.05, 3.63) is 21.9 Å². The van der Waals surface area contributed by atoms with Gasteiger partial charge in [0.15, 0.2) is 0 Å². The molecule has 0 amide bonds. The first-order valence-electron chi connectivity index (χ1n) is 6.51. The molecular formula is C14H20S. The standard InChI is InChI=1S/C14H20S/c1-2-6-11(5-1)13-9-15-10-14(13)12-7-3-4-8-12/h9-12H,1-8H2. The summed E-state index contributed by atoms with van der Waals surface area (Å²) < 4.78 is 0. The fraction of sp³-hybridized carbons (Fsp3) is 0.714. The van der Waals surface area contributed by atoms with E-state index in [1.54, 1.807) is 11.1 Å². The summed E-state index contributed by atoms with van der Waals surface area (Å²) in [6, 6.07) is 0. The minimum atomic E-state index is 0.923. The molecular weight excluding hydrogens is 200 g/mol. The Labute approximate surface area is 96.7 Å². The predicted octanol–water partition coefficient (Wildman–Crippen LogP) is 5.06. The van der Waals surface area contributed by atoms with Crippen molar-refractivity contribution in [2.75, 3.05) is 0 Å². The van der Waals surface area contributed by atoms with Gasteiger partial charge in [-0.15, -0.1) is 0 Å². The molecule has 1 heteroatoms. The van der Waals surface area contributed by atoms with Crippen molar-refractivity contribution in [2.24, 2.45) is 0 Å². The Morgan fingerprint density at radius 3 is 1.53 bits per heavy atom. The topological polar surface area (TPSA) is 0 Å². The number of rotatable bonds is 2. The van der Waals surface area contributed by atoms with Crippen molar-refractivity contribution < 1.29 is 0 Å². The smallest absolute Gasteiger partial charge is 0.00555 e. The molecule has 2 aliphatic rings. The third-order valence-corrected chi connectivity index (χ3v) is 5.09. The second-order valence-electron chi connectivity index (χ2n) is 5.25. The lowest BCUT2D eigenvalue weighted by Crippen LogP contribution is -1.99. The second kappa shape index (κ2) is 4.29. The van der Waals surface area contributed by atoms with E-state index in [0.29, 0.717) is 0 Å². The molecule has 0 bridgehead atoms. The first-order valence-corrected chi connectivity index (χ1v) is 7.45. The highest BCUT2D eigenvalue weighted by Crippen LogP contribution is 2.43. The SMILES string of the molecule is c1scc(C2CCCC2)c1C1CCCC1. The highest BCUT2D eigenvalue weighted by Gasteiger charge is 2.25. The molecule has 2 aliphatic carbocycles. The fourth-order valence-electron chi connectivity index (χ4n) is 3.45. The van der Waals surface area contributed by atoms with Gasteiger partial charge in [-0.25, -0.2) is 0 Å². The Morgan fingerprint density at radius 1 is 0.733 bits per heavy atom. The minimum Gasteiger partial charge on any atom is -0.152 e. The van der Waals surface area contributed by atoms with Crippen LogP contribution in [0, 0.1) is 0 Å². The molecule has 2 saturated carbocycles. The van der Waals surface area contributed by atoms with E-state index < -0.39 is 0 Å². The average molecular weight is 220 g/mol. The van der Waals surface area contributed by atoms with Gasteiger partial charge in [-0.2, -0.15) is 11.3 Å². The van der Waals surface area contributed by atoms with Crippen LogP contribution in [0.15, 0.2) is 10.8 Å². The van der Waals surface area contributed by atoms with E-state index in [9.17, 15) is 0 Å². The quantitative estimate of drug-likeness (QED) is 0.653. The van der Waals surface area contributed by atoms with E-state index in [0.717, 1.165) is 11.8 Å². The van der Waals surface area contributed by atoms with Crippen molar-refractivity contribution in [3.63, 3.8) is 0 Å². The highest BCUT2D eigenvalue weighted by molar-refractivity contribution is 7.08. The molecule has 82 valence electrons. The summed E-state index contributed by atoms with van der Waals surface area (Å²) in [5, 5.41) is 4.90. The van der Waals surface area contributed by atoms with Crippen LogP contribution in [-0.2, 0) is 0 Å². The van der Waals surface area contributed by atoms with Crippen LogP contribution < -0.4 is 0 Å². The summed E-state index contributed by atoms with van der Waals surface area (Å²) >= 11 is 1.94. The molecule has 2 fully saturated rings. The summed E-state index contributed by atoms with van der Waals surface area (Å²) in [5.41, 5.74) is 3.48. The Morgan fingerprint density at radius 2 is 1.13 bits per heavy atom. The van der Waals surface area contributed by atoms with E-state index in [1.165, 1.54) is 51.4 Å². The van der Waals surface area contributed by atoms with Crippen LogP contribution in [0.3, 0.4) is 0 Å². The van der Waals surface area contributed by atoms with E-state index in [1.807, 2.05) is 11.3 Å². The molecule has 0 aliphatic heterocycles. The lowest BCUT2D eigenvalue weighted by Gasteiger charge is -2.15. The van der Waals surface area contributed by atoms with Crippen LogP contribution in [0.2, 0.25) is 0 Å². The van der Waals surface area contributed by atoms with Gasteiger partial charge >= 0.3 is 0 Å². The lowest BCUT2D eigenvalue weighted by molar-refractivity contribution is 0.670. The zero-order chi connectivity index (χ0) is 10.1. The van der Waals surface area contributed by atoms with Gasteiger partial charge in [-0.05, 0) is 59.4 Å². The van der Waals surface area contributed by atoms with Crippen molar-refractivity contribution in [1.82, 2.24) is 0 Å². The zero-order valence-electron chi connectivity index (χ0n) is 9.37. The molecule has 0 radical (unpaired) electrons. The van der Waals surface area contributed by atoms with Crippen LogP contribution in [0.1, 0.15) is 74.3 Å². The maximum atomic E-state index is 2.45. The van der Waals surface area contributed by atoms with Gasteiger partial charge in [-0.3, -0.25) is 0 Å². The van der Waals surface area contributed by atoms with E-state index in [-0.39, 0.29) is 0 Å². The molecule has 0 atom stereocenters. The van der Waals surface area contributed by atoms with Gasteiger partial charge in [0.25, 0.3) is 0 Å². The largest absolute Gasteiger partial charge is 0.152 e. The monoisotopic (exact) mass is 220 g/mol. The lowest BCUT2D eigenvalue weighted by atomic mass is 9.89. The van der Waals surface area contributed by atoms with E-state index in [4.69, 9.17) is 0 Å². The molecule has 0 nitrogen and oxygen atoms in total. The molecule has 0 aromatic carbocycles. The minimum absolute atomic E-state index is 0.923. The maximum Gasteiger partial charge on any atom is -0.00555 e. The highest BCUT2D eigenvalue weighted by atomic mass is 32.1. The van der Waals surface area contributed by atoms with Crippen LogP contribution in [0.5, 0.6) is 0 Å². The normalized spacial score (nSPS) is 24.0. The Balaban J connectivity index is 1.84. The van der Waals surface area contributed by atoms with Crippen molar-refractivity contribution >= 4 is 11.3 Å². The Hall–Kier alpha value is -0.300. The third-order valence-electron chi connectivity index (χ3n) is 4.31. The molecule has 0 saturated heterocycles. The summed E-state index contributed by atoms with van der Waals surface area (Å²) in [6.07, 6.45) is 11.7. The molecule has 3 rings (SSSR count). The number of thiophene rings is 1. The first-order chi connectivity index (χ1) is 7.45. The average Bonchev–Trinajstić information content (AvgIpc) is 3.01. The molecule has 1 aromatic rings. The van der Waals surface area contributed by atoms with Gasteiger partial charge < -0.3 is 0 Å². The van der Waals surface area contributed by atoms with E-state index in [2.05, 4.69) is 10.8 Å². The fourth-order valence-corrected chi connectivity index (χ4v) is 4.47. The molecule has 0 spiro atoms. The molecule has 1 aromatic heterocycles. The summed E-state index contributed by atoms with van der Waals surface area (Å²) in [5.74, 6) is 1.85. The van der Waals surface area contributed by atoms with Crippen molar-refractivity contribution in [3.8, 4) is 0 Å². The van der Waals surface area contributed by atoms with Gasteiger partial charge in [0.05, 0.1) is 0 Å². The van der Waals surface area contributed by atoms with Crippen LogP contribution >= 0.6 is 11.3 Å². The summed E-state index contributed by atoms with van der Waals surface area (Å²) in [7, 11) is 0. The summed E-state index contributed by atoms with van der Waals surface area (Å²) in [4.78, 5) is 0. The van der Waals surface area contributed by atoms with Crippen molar-refractivity contribution in [1.29, 1.82) is 0 Å². The van der Waals surface area contributed by atoms with Gasteiger partial charge in [0.2, 0.25) is 0 Å². The van der Waals surface area contributed by atoms with Gasteiger partial charge in [0, 0.05) is 0 Å². The number of hydrogen-bond donors (Lipinski definition) is 0. The van der Waals surface area contributed by atoms with Crippen LogP contribution in [0.25, 0.3) is 0 Å². The molecule has 0 N–H and O–H groups in total. The second-order valence-corrected chi connectivity index (χ2v) is 5.99. The Bertz CT molecular complexity index is 283. The van der Waals surface area contributed by atoms with Gasteiger partial charge in [0.1, 0.15) is 0 Å². The first kappa shape index (κ1) is 9.89. The van der Waals surface area contributed by atoms with Crippen LogP contribution in [-0.4, -0.2) is 0 Å². The number of hydrogen-bond acceptors (Lipinski definition) is 1. The maximum absolute atomic E-state index is 2.45. The molecule has 15 heavy (non-hydrogen) atoms. The third kappa shape index (κ3) is 1.87. The molecule has 0 unspecified atom stereocenters. The zero-order valence-corrected chi connectivity index (χ0v) is 10.2. The van der Waals surface area contributed by atoms with Crippen LogP contribution in [0.4, 0.5) is 0 Å². The molecule has 1 heterocycles. The van der Waals surface area contributed by atoms with E-state index >= 15 is 0 Å². The van der Waals surface area contributed by atoms with Gasteiger partial charge in [-0.1, -0.05) is 25.7 Å². The van der Waals surface area contributed by atoms with Crippen molar-refractivity contribution in [2.45, 2.75) is 63.2 Å².